The first-order chi connectivity index (χ1) is 14.4. The number of aliphatic hydroxyl groups is 2. The first-order valence-electron chi connectivity index (χ1n) is 11.0. The average Bonchev–Trinajstić information content (AvgIpc) is 2.68. The molecule has 2 aliphatic carbocycles. The lowest BCUT2D eigenvalue weighted by Crippen LogP contribution is -2.73. The van der Waals surface area contributed by atoms with Gasteiger partial charge in [0.25, 0.3) is 5.95 Å². The van der Waals surface area contributed by atoms with E-state index in [-0.39, 0.29) is 22.7 Å². The monoisotopic (exact) mass is 428 g/mol. The van der Waals surface area contributed by atoms with E-state index in [9.17, 15) is 19.8 Å². The summed E-state index contributed by atoms with van der Waals surface area (Å²) in [6.45, 7) is 9.30. The van der Waals surface area contributed by atoms with Gasteiger partial charge in [0.2, 0.25) is 0 Å². The van der Waals surface area contributed by atoms with Crippen LogP contribution in [0.3, 0.4) is 0 Å². The van der Waals surface area contributed by atoms with Gasteiger partial charge in [-0.3, -0.25) is 9.59 Å². The molecule has 2 N–H and O–H groups in total. The largest absolute Gasteiger partial charge is 0.458 e. The van der Waals surface area contributed by atoms with Gasteiger partial charge in [-0.15, -0.1) is 0 Å². The van der Waals surface area contributed by atoms with Crippen LogP contribution < -0.4 is 10.2 Å². The molecule has 5 atom stereocenters. The van der Waals surface area contributed by atoms with Crippen molar-refractivity contribution in [1.29, 1.82) is 0 Å². The molecule has 0 spiro atoms. The Kier molecular flexibility index (Phi) is 4.91. The summed E-state index contributed by atoms with van der Waals surface area (Å²) in [5.41, 5.74) is -4.19. The fraction of sp³-hybridized carbons (Fsp3) is 0.600. The summed E-state index contributed by atoms with van der Waals surface area (Å²) in [5, 5.41) is 23.4. The van der Waals surface area contributed by atoms with Gasteiger partial charge in [-0.1, -0.05) is 39.0 Å². The first-order valence-corrected chi connectivity index (χ1v) is 11.0. The third-order valence-corrected chi connectivity index (χ3v) is 8.35. The molecule has 168 valence electrons. The first kappa shape index (κ1) is 22.0. The zero-order valence-electron chi connectivity index (χ0n) is 18.9. The van der Waals surface area contributed by atoms with Crippen LogP contribution in [0, 0.1) is 16.7 Å². The number of carbonyl (C=O) groups excluding carboxylic acids is 1. The SMILES string of the molecule is C/C=C/C=C\c1cc(=O)c2c(o1)O[C@]1(C)CC[C@@]3(O)C(C)(C)C(=O)CC[C@]3(C)[C@H]1[C@H]2O. The number of fused-ring (bicyclic) bond motifs is 4. The summed E-state index contributed by atoms with van der Waals surface area (Å²) in [4.78, 5) is 25.7. The second kappa shape index (κ2) is 6.91. The third-order valence-electron chi connectivity index (χ3n) is 8.35. The molecule has 0 unspecified atom stereocenters. The van der Waals surface area contributed by atoms with E-state index >= 15 is 0 Å². The molecule has 0 bridgehead atoms. The minimum atomic E-state index is -1.31. The van der Waals surface area contributed by atoms with Crippen molar-refractivity contribution in [2.75, 3.05) is 0 Å². The van der Waals surface area contributed by atoms with Gasteiger partial charge in [0, 0.05) is 23.8 Å². The molecule has 2 heterocycles. The predicted octanol–water partition coefficient (Wildman–Crippen LogP) is 3.95. The summed E-state index contributed by atoms with van der Waals surface area (Å²) in [6, 6.07) is 1.35. The van der Waals surface area contributed by atoms with Crippen molar-refractivity contribution in [3.05, 3.63) is 45.8 Å². The Balaban J connectivity index is 1.84. The van der Waals surface area contributed by atoms with E-state index in [1.54, 1.807) is 26.0 Å². The van der Waals surface area contributed by atoms with Crippen molar-refractivity contribution in [2.24, 2.45) is 16.7 Å². The fourth-order valence-electron chi connectivity index (χ4n) is 6.47. The van der Waals surface area contributed by atoms with E-state index in [4.69, 9.17) is 9.15 Å². The number of Topliss-reactive ketones (excluding diaryl/α,β-unsaturated/α-hetero) is 1. The molecule has 4 rings (SSSR count). The zero-order chi connectivity index (χ0) is 22.8. The molecule has 31 heavy (non-hydrogen) atoms. The van der Waals surface area contributed by atoms with Crippen molar-refractivity contribution in [1.82, 2.24) is 0 Å². The lowest BCUT2D eigenvalue weighted by atomic mass is 9.41. The third kappa shape index (κ3) is 2.84. The van der Waals surface area contributed by atoms with Crippen molar-refractivity contribution < 1.29 is 24.2 Å². The van der Waals surface area contributed by atoms with E-state index in [1.807, 2.05) is 32.9 Å². The van der Waals surface area contributed by atoms with Crippen molar-refractivity contribution in [2.45, 2.75) is 77.6 Å². The van der Waals surface area contributed by atoms with Crippen molar-refractivity contribution >= 4 is 11.9 Å². The smallest absolute Gasteiger partial charge is 0.295 e. The quantitative estimate of drug-likeness (QED) is 0.693. The minimum Gasteiger partial charge on any atom is -0.458 e. The van der Waals surface area contributed by atoms with Gasteiger partial charge in [0.15, 0.2) is 5.43 Å². The van der Waals surface area contributed by atoms with Crippen LogP contribution in [0.15, 0.2) is 33.5 Å². The summed E-state index contributed by atoms with van der Waals surface area (Å²) >= 11 is 0. The Morgan fingerprint density at radius 3 is 2.48 bits per heavy atom. The molecular weight excluding hydrogens is 396 g/mol. The Morgan fingerprint density at radius 1 is 1.10 bits per heavy atom. The topological polar surface area (TPSA) is 97.0 Å². The van der Waals surface area contributed by atoms with Crippen LogP contribution in [0.2, 0.25) is 0 Å². The second-order valence-electron chi connectivity index (χ2n) is 10.3. The molecule has 2 saturated carbocycles. The Morgan fingerprint density at radius 2 is 1.81 bits per heavy atom. The normalized spacial score (nSPS) is 39.1. The van der Waals surface area contributed by atoms with Crippen LogP contribution >= 0.6 is 0 Å². The van der Waals surface area contributed by atoms with Gasteiger partial charge in [0.1, 0.15) is 22.7 Å². The molecule has 0 saturated heterocycles. The highest BCUT2D eigenvalue weighted by molar-refractivity contribution is 5.87. The zero-order valence-corrected chi connectivity index (χ0v) is 18.9. The standard InChI is InChI=1S/C25H32O6/c1-6-7-8-9-15-14-16(26)18-19(28)20-23(4)11-10-17(27)22(2,3)25(23,29)13-12-24(20,5)31-21(18)30-15/h6-9,14,19-20,28-29H,10-13H2,1-5H3/b7-6+,9-8-/t19-,20+,23+,24+,25+/m0/s1. The van der Waals surface area contributed by atoms with Crippen LogP contribution in [-0.2, 0) is 4.79 Å². The molecule has 0 radical (unpaired) electrons. The number of hydrogen-bond donors (Lipinski definition) is 2. The number of ketones is 1. The molecule has 3 aliphatic rings. The van der Waals surface area contributed by atoms with Gasteiger partial charge in [-0.05, 0) is 39.2 Å². The van der Waals surface area contributed by atoms with E-state index in [2.05, 4.69) is 0 Å². The maximum absolute atomic E-state index is 13.0. The summed E-state index contributed by atoms with van der Waals surface area (Å²) in [5.74, 6) is -0.149. The molecule has 2 fully saturated rings. The van der Waals surface area contributed by atoms with Crippen LogP contribution in [0.5, 0.6) is 5.95 Å². The highest BCUT2D eigenvalue weighted by Crippen LogP contribution is 2.67. The molecule has 6 heteroatoms. The molecule has 0 amide bonds. The Labute approximate surface area is 182 Å². The van der Waals surface area contributed by atoms with E-state index in [1.165, 1.54) is 6.07 Å². The number of hydrogen-bond acceptors (Lipinski definition) is 6. The van der Waals surface area contributed by atoms with Gasteiger partial charge < -0.3 is 19.4 Å². The second-order valence-corrected chi connectivity index (χ2v) is 10.3. The lowest BCUT2D eigenvalue weighted by molar-refractivity contribution is -0.275. The average molecular weight is 429 g/mol. The Hall–Kier alpha value is -2.18. The van der Waals surface area contributed by atoms with Gasteiger partial charge in [-0.2, -0.15) is 0 Å². The maximum Gasteiger partial charge on any atom is 0.295 e. The number of rotatable bonds is 2. The summed E-state index contributed by atoms with van der Waals surface area (Å²) < 4.78 is 12.1. The molecule has 1 aromatic rings. The molecular formula is C25H32O6. The van der Waals surface area contributed by atoms with E-state index < -0.39 is 34.1 Å². The number of aliphatic hydroxyl groups excluding tert-OH is 1. The van der Waals surface area contributed by atoms with Gasteiger partial charge in [-0.25, -0.2) is 0 Å². The lowest BCUT2D eigenvalue weighted by Gasteiger charge is -2.66. The maximum atomic E-state index is 13.0. The van der Waals surface area contributed by atoms with Crippen LogP contribution in [0.25, 0.3) is 6.08 Å². The van der Waals surface area contributed by atoms with Crippen LogP contribution in [0.4, 0.5) is 0 Å². The fourth-order valence-corrected chi connectivity index (χ4v) is 6.47. The van der Waals surface area contributed by atoms with E-state index in [0.717, 1.165) is 0 Å². The van der Waals surface area contributed by atoms with Crippen LogP contribution in [-0.4, -0.2) is 27.2 Å². The molecule has 0 aromatic carbocycles. The van der Waals surface area contributed by atoms with Gasteiger partial charge >= 0.3 is 0 Å². The van der Waals surface area contributed by atoms with Crippen LogP contribution in [0.1, 0.15) is 77.7 Å². The number of allylic oxidation sites excluding steroid dienone is 3. The molecule has 1 aliphatic heterocycles. The predicted molar refractivity (Wildman–Crippen MR) is 117 cm³/mol. The molecule has 1 aromatic heterocycles. The minimum absolute atomic E-state index is 0.0276. The van der Waals surface area contributed by atoms with Gasteiger partial charge in [0.05, 0.1) is 17.1 Å². The highest BCUT2D eigenvalue weighted by Gasteiger charge is 2.72. The Bertz CT molecular complexity index is 1030. The number of ether oxygens (including phenoxy) is 1. The summed E-state index contributed by atoms with van der Waals surface area (Å²) in [7, 11) is 0. The summed E-state index contributed by atoms with van der Waals surface area (Å²) in [6.07, 6.45) is 7.49. The highest BCUT2D eigenvalue weighted by atomic mass is 16.6. The van der Waals surface area contributed by atoms with E-state index in [0.29, 0.717) is 31.4 Å². The number of carbonyl (C=O) groups is 1. The molecule has 6 nitrogen and oxygen atoms in total. The van der Waals surface area contributed by atoms with Crippen molar-refractivity contribution in [3.63, 3.8) is 0 Å². The van der Waals surface area contributed by atoms with Crippen molar-refractivity contribution in [3.8, 4) is 5.95 Å².